The van der Waals surface area contributed by atoms with Crippen molar-refractivity contribution in [2.75, 3.05) is 13.7 Å². The molecule has 0 aliphatic heterocycles. The van der Waals surface area contributed by atoms with Gasteiger partial charge < -0.3 is 9.84 Å². The van der Waals surface area contributed by atoms with Crippen LogP contribution in [-0.2, 0) is 11.2 Å². The van der Waals surface area contributed by atoms with Crippen molar-refractivity contribution in [2.24, 2.45) is 5.92 Å². The van der Waals surface area contributed by atoms with E-state index in [1.807, 2.05) is 0 Å². The van der Waals surface area contributed by atoms with E-state index < -0.39 is 5.60 Å². The van der Waals surface area contributed by atoms with Gasteiger partial charge in [-0.2, -0.15) is 0 Å². The van der Waals surface area contributed by atoms with E-state index in [1.54, 1.807) is 7.11 Å². The van der Waals surface area contributed by atoms with Gasteiger partial charge in [0.2, 0.25) is 0 Å². The second-order valence-corrected chi connectivity index (χ2v) is 5.48. The molecule has 1 unspecified atom stereocenters. The van der Waals surface area contributed by atoms with Crippen LogP contribution in [0.15, 0.2) is 18.2 Å². The average molecular weight is 234 g/mol. The number of hydrogen-bond acceptors (Lipinski definition) is 2. The highest BCUT2D eigenvalue weighted by Crippen LogP contribution is 2.41. The third-order valence-corrected chi connectivity index (χ3v) is 3.52. The van der Waals surface area contributed by atoms with E-state index >= 15 is 0 Å². The smallest absolute Gasteiger partial charge is 0.0947 e. The van der Waals surface area contributed by atoms with E-state index in [4.69, 9.17) is 4.74 Å². The Bertz CT molecular complexity index is 376. The Kier molecular flexibility index (Phi) is 3.55. The van der Waals surface area contributed by atoms with Gasteiger partial charge in [0.15, 0.2) is 0 Å². The lowest BCUT2D eigenvalue weighted by atomic mass is 9.89. The van der Waals surface area contributed by atoms with Gasteiger partial charge >= 0.3 is 0 Å². The van der Waals surface area contributed by atoms with Gasteiger partial charge in [-0.25, -0.2) is 0 Å². The van der Waals surface area contributed by atoms with Gasteiger partial charge in [-0.1, -0.05) is 29.3 Å². The molecule has 94 valence electrons. The van der Waals surface area contributed by atoms with Crippen molar-refractivity contribution in [3.05, 3.63) is 34.9 Å². The standard InChI is InChI=1S/C15H22O2/c1-11-6-12(2)8-13(7-11)9-15(16,10-17-3)14-4-5-14/h6-8,14,16H,4-5,9-10H2,1-3H3. The SMILES string of the molecule is COCC(O)(Cc1cc(C)cc(C)c1)C1CC1. The molecule has 0 saturated heterocycles. The minimum atomic E-state index is -0.672. The maximum Gasteiger partial charge on any atom is 0.0947 e. The number of ether oxygens (including phenoxy) is 1. The minimum Gasteiger partial charge on any atom is -0.387 e. The summed E-state index contributed by atoms with van der Waals surface area (Å²) in [5.74, 6) is 0.420. The van der Waals surface area contributed by atoms with Crippen LogP contribution in [0.5, 0.6) is 0 Å². The molecule has 1 N–H and O–H groups in total. The van der Waals surface area contributed by atoms with Gasteiger partial charge in [-0.15, -0.1) is 0 Å². The third-order valence-electron chi connectivity index (χ3n) is 3.52. The van der Waals surface area contributed by atoms with Gasteiger partial charge in [0.1, 0.15) is 0 Å². The molecule has 1 aromatic rings. The third kappa shape index (κ3) is 3.08. The highest BCUT2D eigenvalue weighted by Gasteiger charge is 2.43. The Morgan fingerprint density at radius 1 is 1.24 bits per heavy atom. The van der Waals surface area contributed by atoms with Gasteiger partial charge in [0, 0.05) is 13.5 Å². The Hall–Kier alpha value is -0.860. The highest BCUT2D eigenvalue weighted by molar-refractivity contribution is 5.30. The van der Waals surface area contributed by atoms with Crippen LogP contribution in [-0.4, -0.2) is 24.4 Å². The molecule has 0 bridgehead atoms. The normalized spacial score (nSPS) is 19.1. The molecule has 2 nitrogen and oxygen atoms in total. The molecule has 1 aromatic carbocycles. The van der Waals surface area contributed by atoms with E-state index in [9.17, 15) is 5.11 Å². The van der Waals surface area contributed by atoms with E-state index in [0.717, 1.165) is 12.8 Å². The van der Waals surface area contributed by atoms with E-state index in [1.165, 1.54) is 16.7 Å². The maximum atomic E-state index is 10.7. The molecule has 1 aliphatic carbocycles. The van der Waals surface area contributed by atoms with Crippen molar-refractivity contribution in [3.63, 3.8) is 0 Å². The van der Waals surface area contributed by atoms with Crippen LogP contribution in [0, 0.1) is 19.8 Å². The van der Waals surface area contributed by atoms with Crippen LogP contribution in [0.3, 0.4) is 0 Å². The van der Waals surface area contributed by atoms with Crippen LogP contribution in [0.25, 0.3) is 0 Å². The fourth-order valence-electron chi connectivity index (χ4n) is 2.71. The summed E-state index contributed by atoms with van der Waals surface area (Å²) in [4.78, 5) is 0. The van der Waals surface area contributed by atoms with Crippen molar-refractivity contribution >= 4 is 0 Å². The number of benzene rings is 1. The first-order chi connectivity index (χ1) is 8.03. The summed E-state index contributed by atoms with van der Waals surface area (Å²) >= 11 is 0. The van der Waals surface area contributed by atoms with E-state index in [0.29, 0.717) is 18.9 Å². The van der Waals surface area contributed by atoms with Gasteiger partial charge in [0.05, 0.1) is 12.2 Å². The average Bonchev–Trinajstić information content (AvgIpc) is 2.98. The summed E-state index contributed by atoms with van der Waals surface area (Å²) in [7, 11) is 1.66. The quantitative estimate of drug-likeness (QED) is 0.848. The minimum absolute atomic E-state index is 0.420. The fourth-order valence-corrected chi connectivity index (χ4v) is 2.71. The molecule has 1 aliphatic rings. The Balaban J connectivity index is 2.16. The zero-order chi connectivity index (χ0) is 12.5. The summed E-state index contributed by atoms with van der Waals surface area (Å²) < 4.78 is 5.19. The largest absolute Gasteiger partial charge is 0.387 e. The Morgan fingerprint density at radius 3 is 2.29 bits per heavy atom. The first-order valence-electron chi connectivity index (χ1n) is 6.32. The Morgan fingerprint density at radius 2 is 1.82 bits per heavy atom. The van der Waals surface area contributed by atoms with Crippen molar-refractivity contribution in [1.82, 2.24) is 0 Å². The Labute approximate surface area is 104 Å². The van der Waals surface area contributed by atoms with E-state index in [2.05, 4.69) is 32.0 Å². The molecule has 0 radical (unpaired) electrons. The monoisotopic (exact) mass is 234 g/mol. The van der Waals surface area contributed by atoms with Gasteiger partial charge in [0.25, 0.3) is 0 Å². The number of aliphatic hydroxyl groups is 1. The second kappa shape index (κ2) is 4.79. The molecular weight excluding hydrogens is 212 g/mol. The lowest BCUT2D eigenvalue weighted by Gasteiger charge is -2.27. The number of hydrogen-bond donors (Lipinski definition) is 1. The summed E-state index contributed by atoms with van der Waals surface area (Å²) in [6, 6.07) is 6.49. The lowest BCUT2D eigenvalue weighted by molar-refractivity contribution is -0.0474. The molecule has 17 heavy (non-hydrogen) atoms. The van der Waals surface area contributed by atoms with Crippen molar-refractivity contribution in [1.29, 1.82) is 0 Å². The first kappa shape index (κ1) is 12.6. The fraction of sp³-hybridized carbons (Fsp3) is 0.600. The molecule has 0 spiro atoms. The number of rotatable bonds is 5. The molecule has 0 heterocycles. The molecule has 2 heteroatoms. The molecule has 0 amide bonds. The van der Waals surface area contributed by atoms with Crippen LogP contribution >= 0.6 is 0 Å². The highest BCUT2D eigenvalue weighted by atomic mass is 16.5. The number of aryl methyl sites for hydroxylation is 2. The van der Waals surface area contributed by atoms with E-state index in [-0.39, 0.29) is 0 Å². The van der Waals surface area contributed by atoms with Gasteiger partial charge in [-0.3, -0.25) is 0 Å². The van der Waals surface area contributed by atoms with Crippen LogP contribution in [0.2, 0.25) is 0 Å². The lowest BCUT2D eigenvalue weighted by Crippen LogP contribution is -2.39. The van der Waals surface area contributed by atoms with Crippen molar-refractivity contribution < 1.29 is 9.84 Å². The molecular formula is C15H22O2. The molecule has 0 aromatic heterocycles. The van der Waals surface area contributed by atoms with Crippen molar-refractivity contribution in [2.45, 2.75) is 38.7 Å². The summed E-state index contributed by atoms with van der Waals surface area (Å²) in [5.41, 5.74) is 3.06. The molecule has 1 fully saturated rings. The molecule has 1 saturated carbocycles. The number of methoxy groups -OCH3 is 1. The zero-order valence-electron chi connectivity index (χ0n) is 11.0. The molecule has 2 rings (SSSR count). The van der Waals surface area contributed by atoms with Crippen LogP contribution < -0.4 is 0 Å². The summed E-state index contributed by atoms with van der Waals surface area (Å²) in [6.45, 7) is 4.64. The van der Waals surface area contributed by atoms with Crippen LogP contribution in [0.1, 0.15) is 29.5 Å². The van der Waals surface area contributed by atoms with Crippen molar-refractivity contribution in [3.8, 4) is 0 Å². The first-order valence-corrected chi connectivity index (χ1v) is 6.32. The maximum absolute atomic E-state index is 10.7. The zero-order valence-corrected chi connectivity index (χ0v) is 11.0. The summed E-state index contributed by atoms with van der Waals surface area (Å²) in [6.07, 6.45) is 2.96. The molecule has 1 atom stereocenters. The second-order valence-electron chi connectivity index (χ2n) is 5.48. The predicted octanol–water partition coefficient (Wildman–Crippen LogP) is 2.63. The topological polar surface area (TPSA) is 29.5 Å². The van der Waals surface area contributed by atoms with Gasteiger partial charge in [-0.05, 0) is 38.2 Å². The predicted molar refractivity (Wildman–Crippen MR) is 69.2 cm³/mol. The summed E-state index contributed by atoms with van der Waals surface area (Å²) in [5, 5.41) is 10.7. The van der Waals surface area contributed by atoms with Crippen LogP contribution in [0.4, 0.5) is 0 Å².